The molecule has 0 aromatic carbocycles. The largest absolute Gasteiger partial charge is 0.264 e. The van der Waals surface area contributed by atoms with Gasteiger partial charge in [0.05, 0.1) is 0 Å². The Morgan fingerprint density at radius 2 is 1.79 bits per heavy atom. The van der Waals surface area contributed by atoms with Gasteiger partial charge < -0.3 is 0 Å². The zero-order valence-corrected chi connectivity index (χ0v) is 9.80. The van der Waals surface area contributed by atoms with E-state index in [1.165, 1.54) is 17.5 Å². The molecule has 0 N–H and O–H groups in total. The lowest BCUT2D eigenvalue weighted by atomic mass is 9.88. The number of hydrogen-bond acceptors (Lipinski definition) is 1. The molecule has 1 nitrogen and oxygen atoms in total. The first-order valence-electron chi connectivity index (χ1n) is 5.44. The maximum absolute atomic E-state index is 4.29. The van der Waals surface area contributed by atoms with Crippen molar-refractivity contribution in [1.82, 2.24) is 4.98 Å². The number of nitrogens with zero attached hydrogens (tertiary/aromatic N) is 1. The second-order valence-corrected chi connectivity index (χ2v) is 5.19. The van der Waals surface area contributed by atoms with E-state index in [0.29, 0.717) is 5.41 Å². The average molecular weight is 191 g/mol. The number of pyridine rings is 1. The van der Waals surface area contributed by atoms with Crippen LogP contribution in [0.1, 0.15) is 45.2 Å². The molecule has 0 atom stereocenters. The van der Waals surface area contributed by atoms with Crippen molar-refractivity contribution in [3.8, 4) is 0 Å². The lowest BCUT2D eigenvalue weighted by Gasteiger charge is -2.18. The molecule has 0 bridgehead atoms. The van der Waals surface area contributed by atoms with Crippen molar-refractivity contribution in [3.05, 3.63) is 29.6 Å². The van der Waals surface area contributed by atoms with E-state index in [0.717, 1.165) is 12.8 Å². The van der Waals surface area contributed by atoms with Crippen molar-refractivity contribution in [3.63, 3.8) is 0 Å². The Balaban J connectivity index is 2.73. The van der Waals surface area contributed by atoms with Crippen LogP contribution in [0.25, 0.3) is 0 Å². The minimum absolute atomic E-state index is 0.354. The van der Waals surface area contributed by atoms with Crippen LogP contribution in [0.5, 0.6) is 0 Å². The van der Waals surface area contributed by atoms with Crippen LogP contribution in [0.15, 0.2) is 18.5 Å². The van der Waals surface area contributed by atoms with Gasteiger partial charge in [-0.3, -0.25) is 4.98 Å². The number of hydrogen-bond donors (Lipinski definition) is 0. The molecule has 0 saturated carbocycles. The smallest absolute Gasteiger partial charge is 0.0300 e. The van der Waals surface area contributed by atoms with Gasteiger partial charge in [0.1, 0.15) is 0 Å². The van der Waals surface area contributed by atoms with Gasteiger partial charge in [-0.05, 0) is 29.4 Å². The molecular formula is C13H21N. The molecule has 1 aromatic rings. The topological polar surface area (TPSA) is 12.9 Å². The van der Waals surface area contributed by atoms with Crippen LogP contribution in [-0.2, 0) is 12.8 Å². The van der Waals surface area contributed by atoms with E-state index in [2.05, 4.69) is 38.7 Å². The van der Waals surface area contributed by atoms with Crippen LogP contribution < -0.4 is 0 Å². The highest BCUT2D eigenvalue weighted by molar-refractivity contribution is 5.19. The van der Waals surface area contributed by atoms with E-state index in [1.54, 1.807) is 0 Å². The second-order valence-electron chi connectivity index (χ2n) is 5.19. The fourth-order valence-corrected chi connectivity index (χ4v) is 1.68. The average Bonchev–Trinajstić information content (AvgIpc) is 2.02. The molecular weight excluding hydrogens is 170 g/mol. The Hall–Kier alpha value is -0.850. The monoisotopic (exact) mass is 191 g/mol. The minimum Gasteiger partial charge on any atom is -0.264 e. The van der Waals surface area contributed by atoms with Gasteiger partial charge in [0, 0.05) is 12.4 Å². The van der Waals surface area contributed by atoms with E-state index >= 15 is 0 Å². The van der Waals surface area contributed by atoms with Crippen LogP contribution in [0.3, 0.4) is 0 Å². The summed E-state index contributed by atoms with van der Waals surface area (Å²) in [4.78, 5) is 4.29. The molecule has 1 aromatic heterocycles. The first-order chi connectivity index (χ1) is 6.51. The van der Waals surface area contributed by atoms with Crippen molar-refractivity contribution >= 4 is 0 Å². The summed E-state index contributed by atoms with van der Waals surface area (Å²) in [5.41, 5.74) is 3.09. The molecule has 1 heterocycles. The zero-order chi connectivity index (χ0) is 10.6. The molecule has 78 valence electrons. The summed E-state index contributed by atoms with van der Waals surface area (Å²) in [5, 5.41) is 0. The maximum Gasteiger partial charge on any atom is 0.0300 e. The van der Waals surface area contributed by atoms with Gasteiger partial charge in [-0.25, -0.2) is 0 Å². The van der Waals surface area contributed by atoms with E-state index in [-0.39, 0.29) is 0 Å². The van der Waals surface area contributed by atoms with Gasteiger partial charge in [-0.15, -0.1) is 0 Å². The van der Waals surface area contributed by atoms with Gasteiger partial charge in [0.25, 0.3) is 0 Å². The summed E-state index contributed by atoms with van der Waals surface area (Å²) in [6.07, 6.45) is 7.42. The Labute approximate surface area is 87.6 Å². The van der Waals surface area contributed by atoms with Gasteiger partial charge in [-0.1, -0.05) is 40.2 Å². The molecule has 0 unspecified atom stereocenters. The molecule has 0 radical (unpaired) electrons. The Morgan fingerprint density at radius 1 is 1.14 bits per heavy atom. The Kier molecular flexibility index (Phi) is 3.68. The highest BCUT2D eigenvalue weighted by Crippen LogP contribution is 2.20. The van der Waals surface area contributed by atoms with E-state index in [1.807, 2.05) is 12.4 Å². The minimum atomic E-state index is 0.354. The maximum atomic E-state index is 4.29. The molecule has 0 amide bonds. The number of aryl methyl sites for hydroxylation is 1. The highest BCUT2D eigenvalue weighted by Gasteiger charge is 2.11. The van der Waals surface area contributed by atoms with Crippen molar-refractivity contribution in [1.29, 1.82) is 0 Å². The lowest BCUT2D eigenvalue weighted by molar-refractivity contribution is 0.410. The normalized spacial score (nSPS) is 11.7. The summed E-state index contributed by atoms with van der Waals surface area (Å²) in [5.74, 6) is 0. The fourth-order valence-electron chi connectivity index (χ4n) is 1.68. The molecule has 0 spiro atoms. The summed E-state index contributed by atoms with van der Waals surface area (Å²) >= 11 is 0. The molecule has 0 aliphatic rings. The van der Waals surface area contributed by atoms with Crippen LogP contribution >= 0.6 is 0 Å². The first-order valence-corrected chi connectivity index (χ1v) is 5.44. The lowest BCUT2D eigenvalue weighted by Crippen LogP contribution is -2.09. The SMILES string of the molecule is CCCc1cncc(CC(C)(C)C)c1. The van der Waals surface area contributed by atoms with Gasteiger partial charge in [0.15, 0.2) is 0 Å². The zero-order valence-electron chi connectivity index (χ0n) is 9.80. The number of aromatic nitrogens is 1. The van der Waals surface area contributed by atoms with E-state index in [4.69, 9.17) is 0 Å². The van der Waals surface area contributed by atoms with Crippen LogP contribution in [-0.4, -0.2) is 4.98 Å². The third kappa shape index (κ3) is 3.91. The standard InChI is InChI=1S/C13H21N/c1-5-6-11-7-12(10-14-9-11)8-13(2,3)4/h7,9-10H,5-6,8H2,1-4H3. The highest BCUT2D eigenvalue weighted by atomic mass is 14.6. The molecule has 0 fully saturated rings. The van der Waals surface area contributed by atoms with Crippen molar-refractivity contribution < 1.29 is 0 Å². The Morgan fingerprint density at radius 3 is 2.36 bits per heavy atom. The predicted molar refractivity (Wildman–Crippen MR) is 61.4 cm³/mol. The van der Waals surface area contributed by atoms with Crippen molar-refractivity contribution in [2.75, 3.05) is 0 Å². The number of rotatable bonds is 3. The summed E-state index contributed by atoms with van der Waals surface area (Å²) in [6.45, 7) is 8.99. The van der Waals surface area contributed by atoms with Crippen LogP contribution in [0.4, 0.5) is 0 Å². The molecule has 14 heavy (non-hydrogen) atoms. The van der Waals surface area contributed by atoms with Crippen LogP contribution in [0, 0.1) is 5.41 Å². The second kappa shape index (κ2) is 4.59. The quantitative estimate of drug-likeness (QED) is 0.711. The third-order valence-corrected chi connectivity index (χ3v) is 2.12. The van der Waals surface area contributed by atoms with Crippen molar-refractivity contribution in [2.45, 2.75) is 47.0 Å². The third-order valence-electron chi connectivity index (χ3n) is 2.12. The van der Waals surface area contributed by atoms with Gasteiger partial charge in [0.2, 0.25) is 0 Å². The predicted octanol–water partition coefficient (Wildman–Crippen LogP) is 3.62. The molecule has 0 saturated heterocycles. The van der Waals surface area contributed by atoms with E-state index < -0.39 is 0 Å². The summed E-state index contributed by atoms with van der Waals surface area (Å²) in [7, 11) is 0. The molecule has 0 aliphatic heterocycles. The summed E-state index contributed by atoms with van der Waals surface area (Å²) < 4.78 is 0. The Bertz CT molecular complexity index is 284. The van der Waals surface area contributed by atoms with Crippen molar-refractivity contribution in [2.24, 2.45) is 5.41 Å². The summed E-state index contributed by atoms with van der Waals surface area (Å²) in [6, 6.07) is 2.29. The molecule has 0 aliphatic carbocycles. The molecule has 1 heteroatoms. The molecule has 1 rings (SSSR count). The first kappa shape index (κ1) is 11.2. The van der Waals surface area contributed by atoms with Gasteiger partial charge in [-0.2, -0.15) is 0 Å². The van der Waals surface area contributed by atoms with Crippen LogP contribution in [0.2, 0.25) is 0 Å². The van der Waals surface area contributed by atoms with E-state index in [9.17, 15) is 0 Å². The fraction of sp³-hybridized carbons (Fsp3) is 0.615. The van der Waals surface area contributed by atoms with Gasteiger partial charge >= 0.3 is 0 Å².